The molecule has 3 heterocycles. The van der Waals surface area contributed by atoms with Gasteiger partial charge in [-0.25, -0.2) is 9.97 Å². The summed E-state index contributed by atoms with van der Waals surface area (Å²) in [5.74, 6) is 1.63. The molecule has 0 spiro atoms. The van der Waals surface area contributed by atoms with Crippen molar-refractivity contribution in [1.29, 1.82) is 0 Å². The van der Waals surface area contributed by atoms with E-state index < -0.39 is 0 Å². The third-order valence-corrected chi connectivity index (χ3v) is 5.49. The van der Waals surface area contributed by atoms with E-state index in [1.54, 1.807) is 12.4 Å². The predicted molar refractivity (Wildman–Crippen MR) is 134 cm³/mol. The summed E-state index contributed by atoms with van der Waals surface area (Å²) in [6, 6.07) is 21.5. The monoisotopic (exact) mass is 451 g/mol. The Morgan fingerprint density at radius 1 is 0.912 bits per heavy atom. The van der Waals surface area contributed by atoms with E-state index in [4.69, 9.17) is 14.9 Å². The van der Waals surface area contributed by atoms with Crippen LogP contribution in [-0.2, 0) is 0 Å². The molecule has 0 aliphatic heterocycles. The minimum atomic E-state index is 0.365. The molecule has 2 N–H and O–H groups in total. The van der Waals surface area contributed by atoms with Crippen molar-refractivity contribution in [3.05, 3.63) is 79.1 Å². The largest absolute Gasteiger partial charge is 0.492 e. The SMILES string of the molecule is CN(C)CCOc1ccc(-c2cnc(N)c(-c3nc4ccc(-c5ccccn5)cc4o3)c2)cc1. The van der Waals surface area contributed by atoms with E-state index in [-0.39, 0.29) is 0 Å². The second kappa shape index (κ2) is 9.33. The number of nitrogen functional groups attached to an aromatic ring is 1. The van der Waals surface area contributed by atoms with Gasteiger partial charge in [-0.2, -0.15) is 0 Å². The number of fused-ring (bicyclic) bond motifs is 1. The number of benzene rings is 2. The van der Waals surface area contributed by atoms with Gasteiger partial charge in [-0.1, -0.05) is 24.3 Å². The fourth-order valence-electron chi connectivity index (χ4n) is 3.63. The highest BCUT2D eigenvalue weighted by Crippen LogP contribution is 2.33. The molecule has 0 amide bonds. The molecule has 0 aliphatic rings. The van der Waals surface area contributed by atoms with E-state index >= 15 is 0 Å². The second-order valence-corrected chi connectivity index (χ2v) is 8.25. The topological polar surface area (TPSA) is 90.3 Å². The van der Waals surface area contributed by atoms with Gasteiger partial charge in [0.15, 0.2) is 5.58 Å². The zero-order valence-electron chi connectivity index (χ0n) is 19.1. The molecule has 0 atom stereocenters. The first-order valence-corrected chi connectivity index (χ1v) is 11.0. The Labute approximate surface area is 197 Å². The highest BCUT2D eigenvalue weighted by atomic mass is 16.5. The van der Waals surface area contributed by atoms with Gasteiger partial charge in [0.05, 0.1) is 11.3 Å². The lowest BCUT2D eigenvalue weighted by Gasteiger charge is -2.11. The van der Waals surface area contributed by atoms with Crippen LogP contribution in [0.2, 0.25) is 0 Å². The Morgan fingerprint density at radius 2 is 1.74 bits per heavy atom. The molecular weight excluding hydrogens is 426 g/mol. The molecule has 5 aromatic rings. The molecule has 0 fully saturated rings. The van der Waals surface area contributed by atoms with Gasteiger partial charge in [0.2, 0.25) is 5.89 Å². The molecule has 3 aromatic heterocycles. The number of aromatic nitrogens is 3. The Morgan fingerprint density at radius 3 is 2.50 bits per heavy atom. The maximum atomic E-state index is 6.20. The lowest BCUT2D eigenvalue weighted by Crippen LogP contribution is -2.19. The minimum Gasteiger partial charge on any atom is -0.492 e. The van der Waals surface area contributed by atoms with Gasteiger partial charge in [0, 0.05) is 30.1 Å². The van der Waals surface area contributed by atoms with Gasteiger partial charge in [0.25, 0.3) is 0 Å². The van der Waals surface area contributed by atoms with Crippen LogP contribution in [0.4, 0.5) is 5.82 Å². The highest BCUT2D eigenvalue weighted by molar-refractivity contribution is 5.84. The first-order valence-electron chi connectivity index (χ1n) is 11.0. The van der Waals surface area contributed by atoms with Crippen molar-refractivity contribution in [2.24, 2.45) is 0 Å². The van der Waals surface area contributed by atoms with Crippen molar-refractivity contribution in [3.8, 4) is 39.6 Å². The molecular formula is C27H25N5O2. The fourth-order valence-corrected chi connectivity index (χ4v) is 3.63. The highest BCUT2D eigenvalue weighted by Gasteiger charge is 2.15. The van der Waals surface area contributed by atoms with Crippen LogP contribution < -0.4 is 10.5 Å². The van der Waals surface area contributed by atoms with Crippen LogP contribution in [-0.4, -0.2) is 47.1 Å². The Hall–Kier alpha value is -4.23. The van der Waals surface area contributed by atoms with E-state index in [9.17, 15) is 0 Å². The van der Waals surface area contributed by atoms with E-state index in [0.717, 1.165) is 40.2 Å². The average molecular weight is 452 g/mol. The molecule has 0 unspecified atom stereocenters. The number of hydrogen-bond donors (Lipinski definition) is 1. The van der Waals surface area contributed by atoms with Crippen LogP contribution in [0.1, 0.15) is 0 Å². The van der Waals surface area contributed by atoms with E-state index in [2.05, 4.69) is 19.9 Å². The Balaban J connectivity index is 1.42. The van der Waals surface area contributed by atoms with E-state index in [1.165, 1.54) is 0 Å². The molecule has 0 radical (unpaired) electrons. The van der Waals surface area contributed by atoms with E-state index in [0.29, 0.717) is 29.5 Å². The number of nitrogens with zero attached hydrogens (tertiary/aromatic N) is 4. The Kier molecular flexibility index (Phi) is 5.93. The van der Waals surface area contributed by atoms with Crippen LogP contribution in [0.15, 0.2) is 83.5 Å². The zero-order chi connectivity index (χ0) is 23.5. The zero-order valence-corrected chi connectivity index (χ0v) is 19.1. The summed E-state index contributed by atoms with van der Waals surface area (Å²) in [5, 5.41) is 0. The number of oxazole rings is 1. The van der Waals surface area contributed by atoms with Gasteiger partial charge < -0.3 is 19.8 Å². The summed E-state index contributed by atoms with van der Waals surface area (Å²) in [5.41, 5.74) is 12.0. The third-order valence-electron chi connectivity index (χ3n) is 5.49. The maximum absolute atomic E-state index is 6.20. The molecule has 2 aromatic carbocycles. The van der Waals surface area contributed by atoms with Gasteiger partial charge in [-0.3, -0.25) is 4.98 Å². The molecule has 34 heavy (non-hydrogen) atoms. The van der Waals surface area contributed by atoms with Gasteiger partial charge in [-0.05, 0) is 62.1 Å². The molecule has 7 heteroatoms. The van der Waals surface area contributed by atoms with Gasteiger partial charge >= 0.3 is 0 Å². The maximum Gasteiger partial charge on any atom is 0.231 e. The standard InChI is InChI=1S/C27H25N5O2/c1-32(2)13-14-33-21-9-6-18(7-10-21)20-15-22(26(28)30-17-20)27-31-24-11-8-19(16-25(24)34-27)23-5-3-4-12-29-23/h3-12,15-17H,13-14H2,1-2H3,(H2,28,30). The minimum absolute atomic E-state index is 0.365. The normalized spacial score (nSPS) is 11.3. The van der Waals surface area contributed by atoms with Crippen LogP contribution >= 0.6 is 0 Å². The van der Waals surface area contributed by atoms with Gasteiger partial charge in [0.1, 0.15) is 23.7 Å². The van der Waals surface area contributed by atoms with Crippen LogP contribution in [0, 0.1) is 0 Å². The number of rotatable bonds is 7. The average Bonchev–Trinajstić information content (AvgIpc) is 3.28. The number of nitrogens with two attached hydrogens (primary N) is 1. The van der Waals surface area contributed by atoms with Crippen molar-refractivity contribution in [2.45, 2.75) is 0 Å². The lowest BCUT2D eigenvalue weighted by atomic mass is 10.1. The summed E-state index contributed by atoms with van der Waals surface area (Å²) in [7, 11) is 4.04. The van der Waals surface area contributed by atoms with Crippen molar-refractivity contribution in [3.63, 3.8) is 0 Å². The number of pyridine rings is 2. The fraction of sp³-hybridized carbons (Fsp3) is 0.148. The molecule has 5 rings (SSSR count). The van der Waals surface area contributed by atoms with E-state index in [1.807, 2.05) is 80.8 Å². The number of anilines is 1. The van der Waals surface area contributed by atoms with Crippen molar-refractivity contribution < 1.29 is 9.15 Å². The molecule has 0 saturated carbocycles. The molecule has 0 aliphatic carbocycles. The second-order valence-electron chi connectivity index (χ2n) is 8.25. The van der Waals surface area contributed by atoms with Crippen molar-refractivity contribution in [2.75, 3.05) is 33.0 Å². The first-order chi connectivity index (χ1) is 16.6. The quantitative estimate of drug-likeness (QED) is 0.366. The molecule has 170 valence electrons. The summed E-state index contributed by atoms with van der Waals surface area (Å²) in [4.78, 5) is 15.5. The number of ether oxygens (including phenoxy) is 1. The summed E-state index contributed by atoms with van der Waals surface area (Å²) in [6.07, 6.45) is 3.52. The molecule has 7 nitrogen and oxygen atoms in total. The number of likely N-dealkylation sites (N-methyl/N-ethyl adjacent to an activating group) is 1. The summed E-state index contributed by atoms with van der Waals surface area (Å²) in [6.45, 7) is 1.50. The van der Waals surface area contributed by atoms with Crippen LogP contribution in [0.5, 0.6) is 5.75 Å². The summed E-state index contributed by atoms with van der Waals surface area (Å²) < 4.78 is 11.9. The van der Waals surface area contributed by atoms with Crippen LogP contribution in [0.3, 0.4) is 0 Å². The third kappa shape index (κ3) is 4.60. The summed E-state index contributed by atoms with van der Waals surface area (Å²) >= 11 is 0. The lowest BCUT2D eigenvalue weighted by molar-refractivity contribution is 0.261. The van der Waals surface area contributed by atoms with Crippen LogP contribution in [0.25, 0.3) is 44.9 Å². The Bertz CT molecular complexity index is 1410. The smallest absolute Gasteiger partial charge is 0.231 e. The van der Waals surface area contributed by atoms with Crippen molar-refractivity contribution >= 4 is 16.9 Å². The first kappa shape index (κ1) is 21.6. The molecule has 0 bridgehead atoms. The predicted octanol–water partition coefficient (Wildman–Crippen LogP) is 5.14. The van der Waals surface area contributed by atoms with Gasteiger partial charge in [-0.15, -0.1) is 0 Å². The number of hydrogen-bond acceptors (Lipinski definition) is 7. The molecule has 0 saturated heterocycles. The van der Waals surface area contributed by atoms with Crippen molar-refractivity contribution in [1.82, 2.24) is 19.9 Å².